The first-order chi connectivity index (χ1) is 13.3. The third-order valence-electron chi connectivity index (χ3n) is 8.33. The fourth-order valence-corrected chi connectivity index (χ4v) is 6.47. The molecule has 0 aliphatic carbocycles. The van der Waals surface area contributed by atoms with Gasteiger partial charge in [0.25, 0.3) is 0 Å². The highest BCUT2D eigenvalue weighted by atomic mass is 16.2. The predicted octanol–water partition coefficient (Wildman–Crippen LogP) is 2.80. The zero-order chi connectivity index (χ0) is 20.1. The summed E-state index contributed by atoms with van der Waals surface area (Å²) in [5.74, 6) is 0.416. The van der Waals surface area contributed by atoms with Crippen LogP contribution in [-0.4, -0.2) is 94.0 Å². The Labute approximate surface area is 172 Å². The van der Waals surface area contributed by atoms with Crippen LogP contribution in [0.5, 0.6) is 0 Å². The molecular weight excluding hydrogens is 348 g/mol. The molecule has 0 aromatic carbocycles. The molecule has 4 unspecified atom stereocenters. The number of likely N-dealkylation sites (tertiary alicyclic amines) is 2. The van der Waals surface area contributed by atoms with E-state index >= 15 is 0 Å². The first kappa shape index (κ1) is 20.6. The topological polar surface area (TPSA) is 30.0 Å². The molecule has 5 heteroatoms. The Hall–Kier alpha value is -0.650. The van der Waals surface area contributed by atoms with Crippen LogP contribution < -0.4 is 0 Å². The van der Waals surface area contributed by atoms with Gasteiger partial charge in [0, 0.05) is 68.3 Å². The number of likely N-dealkylation sites (N-methyl/N-ethyl adjacent to an activating group) is 1. The number of fused-ring (bicyclic) bond motifs is 4. The molecule has 4 rings (SSSR count). The highest BCUT2D eigenvalue weighted by Crippen LogP contribution is 2.36. The molecule has 4 heterocycles. The van der Waals surface area contributed by atoms with Crippen LogP contribution in [-0.2, 0) is 4.79 Å². The molecule has 1 amide bonds. The Kier molecular flexibility index (Phi) is 5.80. The van der Waals surface area contributed by atoms with Crippen molar-refractivity contribution in [3.8, 4) is 0 Å². The van der Waals surface area contributed by atoms with Crippen LogP contribution in [0, 0.1) is 0 Å². The predicted molar refractivity (Wildman–Crippen MR) is 114 cm³/mol. The van der Waals surface area contributed by atoms with Gasteiger partial charge in [0.1, 0.15) is 0 Å². The fourth-order valence-electron chi connectivity index (χ4n) is 6.47. The Morgan fingerprint density at radius 1 is 0.929 bits per heavy atom. The van der Waals surface area contributed by atoms with Crippen molar-refractivity contribution in [3.63, 3.8) is 0 Å². The highest BCUT2D eigenvalue weighted by Gasteiger charge is 2.45. The minimum absolute atomic E-state index is 0.120. The summed E-state index contributed by atoms with van der Waals surface area (Å²) in [6.07, 6.45) is 6.81. The van der Waals surface area contributed by atoms with Gasteiger partial charge in [-0.15, -0.1) is 0 Å². The van der Waals surface area contributed by atoms with Gasteiger partial charge in [-0.25, -0.2) is 0 Å². The summed E-state index contributed by atoms with van der Waals surface area (Å²) < 4.78 is 0. The van der Waals surface area contributed by atoms with Crippen molar-refractivity contribution in [3.05, 3.63) is 0 Å². The zero-order valence-corrected chi connectivity index (χ0v) is 18.9. The van der Waals surface area contributed by atoms with Gasteiger partial charge in [0.15, 0.2) is 0 Å². The van der Waals surface area contributed by atoms with Gasteiger partial charge in [-0.3, -0.25) is 19.5 Å². The first-order valence-corrected chi connectivity index (χ1v) is 11.9. The van der Waals surface area contributed by atoms with Gasteiger partial charge in [-0.1, -0.05) is 6.92 Å². The molecule has 4 bridgehead atoms. The van der Waals surface area contributed by atoms with Gasteiger partial charge >= 0.3 is 0 Å². The first-order valence-electron chi connectivity index (χ1n) is 11.9. The van der Waals surface area contributed by atoms with Crippen molar-refractivity contribution in [2.24, 2.45) is 0 Å². The lowest BCUT2D eigenvalue weighted by Gasteiger charge is -2.48. The van der Waals surface area contributed by atoms with Crippen LogP contribution in [0.1, 0.15) is 73.1 Å². The third-order valence-corrected chi connectivity index (χ3v) is 8.33. The summed E-state index contributed by atoms with van der Waals surface area (Å²) in [5, 5.41) is 0. The lowest BCUT2D eigenvalue weighted by atomic mass is 9.93. The molecule has 0 aromatic heterocycles. The normalized spacial score (nSPS) is 34.6. The van der Waals surface area contributed by atoms with Gasteiger partial charge in [-0.05, 0) is 66.3 Å². The Morgan fingerprint density at radius 3 is 1.96 bits per heavy atom. The molecule has 4 aliphatic heterocycles. The van der Waals surface area contributed by atoms with Crippen LogP contribution in [0.3, 0.4) is 0 Å². The zero-order valence-electron chi connectivity index (χ0n) is 18.9. The minimum Gasteiger partial charge on any atom is -0.334 e. The lowest BCUT2D eigenvalue weighted by molar-refractivity contribution is -0.138. The Bertz CT molecular complexity index is 549. The number of rotatable bonds is 6. The van der Waals surface area contributed by atoms with E-state index in [0.29, 0.717) is 30.5 Å². The maximum atomic E-state index is 13.2. The van der Waals surface area contributed by atoms with Gasteiger partial charge < -0.3 is 4.90 Å². The number of nitrogens with zero attached hydrogens (tertiary/aromatic N) is 4. The SMILES string of the molecule is CCN1C2CCC1CN(C(C)(C)CCC(=O)N1C3CCC1CN(C(C)C)C3)C2. The van der Waals surface area contributed by atoms with E-state index in [-0.39, 0.29) is 5.54 Å². The monoisotopic (exact) mass is 390 g/mol. The largest absolute Gasteiger partial charge is 0.334 e. The number of carbonyl (C=O) groups excluding carboxylic acids is 1. The summed E-state index contributed by atoms with van der Waals surface area (Å²) in [7, 11) is 0. The van der Waals surface area contributed by atoms with Crippen LogP contribution >= 0.6 is 0 Å². The summed E-state index contributed by atoms with van der Waals surface area (Å²) >= 11 is 0. The summed E-state index contributed by atoms with van der Waals surface area (Å²) in [4.78, 5) is 23.4. The maximum Gasteiger partial charge on any atom is 0.223 e. The molecule has 4 atom stereocenters. The number of piperazine rings is 2. The maximum absolute atomic E-state index is 13.2. The van der Waals surface area contributed by atoms with E-state index in [2.05, 4.69) is 54.2 Å². The number of hydrogen-bond acceptors (Lipinski definition) is 4. The van der Waals surface area contributed by atoms with E-state index in [1.165, 1.54) is 45.3 Å². The van der Waals surface area contributed by atoms with Crippen molar-refractivity contribution >= 4 is 5.91 Å². The molecule has 4 fully saturated rings. The van der Waals surface area contributed by atoms with Gasteiger partial charge in [-0.2, -0.15) is 0 Å². The molecule has 4 saturated heterocycles. The lowest BCUT2D eigenvalue weighted by Crippen LogP contribution is -2.60. The highest BCUT2D eigenvalue weighted by molar-refractivity contribution is 5.77. The molecule has 0 saturated carbocycles. The summed E-state index contributed by atoms with van der Waals surface area (Å²) in [6.45, 7) is 17.3. The van der Waals surface area contributed by atoms with Crippen LogP contribution in [0.15, 0.2) is 0 Å². The van der Waals surface area contributed by atoms with Crippen LogP contribution in [0.4, 0.5) is 0 Å². The molecular formula is C23H42N4O. The molecule has 0 N–H and O–H groups in total. The molecule has 28 heavy (non-hydrogen) atoms. The Balaban J connectivity index is 1.32. The molecule has 5 nitrogen and oxygen atoms in total. The second-order valence-corrected chi connectivity index (χ2v) is 10.7. The second kappa shape index (κ2) is 7.88. The van der Waals surface area contributed by atoms with Crippen molar-refractivity contribution in [1.29, 1.82) is 0 Å². The van der Waals surface area contributed by atoms with Gasteiger partial charge in [0.05, 0.1) is 0 Å². The van der Waals surface area contributed by atoms with Crippen LogP contribution in [0.25, 0.3) is 0 Å². The van der Waals surface area contributed by atoms with Crippen molar-refractivity contribution in [2.75, 3.05) is 32.7 Å². The number of amides is 1. The second-order valence-electron chi connectivity index (χ2n) is 10.7. The molecule has 4 aliphatic rings. The minimum atomic E-state index is 0.120. The smallest absolute Gasteiger partial charge is 0.223 e. The average molecular weight is 391 g/mol. The molecule has 0 spiro atoms. The van der Waals surface area contributed by atoms with E-state index in [0.717, 1.165) is 31.6 Å². The number of hydrogen-bond donors (Lipinski definition) is 0. The fraction of sp³-hybridized carbons (Fsp3) is 0.957. The van der Waals surface area contributed by atoms with Crippen molar-refractivity contribution < 1.29 is 4.79 Å². The number of carbonyl (C=O) groups is 1. The molecule has 0 radical (unpaired) electrons. The van der Waals surface area contributed by atoms with E-state index in [4.69, 9.17) is 0 Å². The van der Waals surface area contributed by atoms with E-state index in [1.54, 1.807) is 0 Å². The summed E-state index contributed by atoms with van der Waals surface area (Å²) in [5.41, 5.74) is 0.120. The molecule has 0 aromatic rings. The quantitative estimate of drug-likeness (QED) is 0.698. The van der Waals surface area contributed by atoms with Crippen molar-refractivity contribution in [2.45, 2.75) is 109 Å². The standard InChI is InChI=1S/C23H42N4O/c1-6-26-18-7-8-19(26)16-25(15-18)23(4,5)12-11-22(28)27-20-9-10-21(27)14-24(13-20)17(2)3/h17-21H,6-16H2,1-5H3. The third kappa shape index (κ3) is 3.75. The van der Waals surface area contributed by atoms with Crippen LogP contribution in [0.2, 0.25) is 0 Å². The van der Waals surface area contributed by atoms with E-state index in [1.807, 2.05) is 0 Å². The summed E-state index contributed by atoms with van der Waals surface area (Å²) in [6, 6.07) is 2.98. The van der Waals surface area contributed by atoms with E-state index in [9.17, 15) is 4.79 Å². The van der Waals surface area contributed by atoms with E-state index < -0.39 is 0 Å². The van der Waals surface area contributed by atoms with Gasteiger partial charge in [0.2, 0.25) is 5.91 Å². The average Bonchev–Trinajstić information content (AvgIpc) is 3.06. The Morgan fingerprint density at radius 2 is 1.46 bits per heavy atom. The molecule has 160 valence electrons. The van der Waals surface area contributed by atoms with Crippen molar-refractivity contribution in [1.82, 2.24) is 19.6 Å².